The van der Waals surface area contributed by atoms with E-state index in [1.807, 2.05) is 60.7 Å². The van der Waals surface area contributed by atoms with Crippen molar-refractivity contribution in [2.45, 2.75) is 0 Å². The van der Waals surface area contributed by atoms with Crippen LogP contribution in [-0.4, -0.2) is 31.0 Å². The van der Waals surface area contributed by atoms with Crippen molar-refractivity contribution in [3.63, 3.8) is 0 Å². The standard InChI is InChI=1S/C43H29N3Se/c47-39-25-13-24-37(40(39)34-22-12-21-32(26-34)29-14-4-1-5-15-29)35-27-33-20-10-11-23-36(33)38(28-35)43-45-41(30-16-6-2-7-17-30)44-42(46-43)31-18-8-3-9-19-31/h1-28,47H. The third-order valence-corrected chi connectivity index (χ3v) is 9.20. The Kier molecular flexibility index (Phi) is 7.72. The van der Waals surface area contributed by atoms with Crippen LogP contribution >= 0.6 is 0 Å². The van der Waals surface area contributed by atoms with Gasteiger partial charge in [-0.15, -0.1) is 0 Å². The fourth-order valence-corrected chi connectivity index (χ4v) is 6.85. The van der Waals surface area contributed by atoms with Crippen LogP contribution in [0.3, 0.4) is 0 Å². The molecule has 0 saturated heterocycles. The second-order valence-corrected chi connectivity index (χ2v) is 12.4. The van der Waals surface area contributed by atoms with Crippen molar-refractivity contribution in [3.05, 3.63) is 170 Å². The first kappa shape index (κ1) is 28.8. The molecular formula is C43H29N3Se. The van der Waals surface area contributed by atoms with E-state index in [9.17, 15) is 0 Å². The zero-order chi connectivity index (χ0) is 31.6. The molecule has 222 valence electrons. The molecule has 0 atom stereocenters. The van der Waals surface area contributed by atoms with E-state index in [-0.39, 0.29) is 0 Å². The predicted molar refractivity (Wildman–Crippen MR) is 197 cm³/mol. The summed E-state index contributed by atoms with van der Waals surface area (Å²) in [6.45, 7) is 0. The molecule has 0 radical (unpaired) electrons. The van der Waals surface area contributed by atoms with Gasteiger partial charge in [-0.2, -0.15) is 0 Å². The van der Waals surface area contributed by atoms with Crippen LogP contribution in [0.1, 0.15) is 0 Å². The molecule has 47 heavy (non-hydrogen) atoms. The molecule has 3 nitrogen and oxygen atoms in total. The van der Waals surface area contributed by atoms with E-state index < -0.39 is 0 Å². The molecular weight excluding hydrogens is 637 g/mol. The molecule has 0 saturated carbocycles. The summed E-state index contributed by atoms with van der Waals surface area (Å²) in [5.74, 6) is 1.94. The number of hydrogen-bond donors (Lipinski definition) is 0. The van der Waals surface area contributed by atoms with Crippen LogP contribution in [0, 0.1) is 0 Å². The summed E-state index contributed by atoms with van der Waals surface area (Å²) in [4.78, 5) is 15.1. The molecule has 0 unspecified atom stereocenters. The van der Waals surface area contributed by atoms with Gasteiger partial charge in [0.25, 0.3) is 0 Å². The fraction of sp³-hybridized carbons (Fsp3) is 0. The summed E-state index contributed by atoms with van der Waals surface area (Å²) in [5.41, 5.74) is 9.88. The normalized spacial score (nSPS) is 11.1. The Morgan fingerprint density at radius 2 is 0.872 bits per heavy atom. The van der Waals surface area contributed by atoms with Gasteiger partial charge in [-0.3, -0.25) is 0 Å². The van der Waals surface area contributed by atoms with Crippen LogP contribution in [0.15, 0.2) is 170 Å². The molecule has 0 aliphatic carbocycles. The number of fused-ring (bicyclic) bond motifs is 1. The third kappa shape index (κ3) is 5.77. The van der Waals surface area contributed by atoms with Crippen molar-refractivity contribution >= 4 is 31.2 Å². The van der Waals surface area contributed by atoms with Gasteiger partial charge in [-0.1, -0.05) is 12.1 Å². The van der Waals surface area contributed by atoms with Gasteiger partial charge in [0, 0.05) is 0 Å². The number of aromatic nitrogens is 3. The Labute approximate surface area is 282 Å². The van der Waals surface area contributed by atoms with Crippen molar-refractivity contribution in [2.75, 3.05) is 0 Å². The average molecular weight is 667 g/mol. The van der Waals surface area contributed by atoms with Crippen LogP contribution in [-0.2, 0) is 0 Å². The van der Waals surface area contributed by atoms with Crippen LogP contribution in [0.4, 0.5) is 0 Å². The molecule has 0 spiro atoms. The van der Waals surface area contributed by atoms with Crippen molar-refractivity contribution in [3.8, 4) is 67.5 Å². The van der Waals surface area contributed by atoms with Gasteiger partial charge in [0.2, 0.25) is 0 Å². The quantitative estimate of drug-likeness (QED) is 0.166. The van der Waals surface area contributed by atoms with Gasteiger partial charge in [0.1, 0.15) is 0 Å². The molecule has 1 heterocycles. The maximum absolute atomic E-state index is 5.10. The van der Waals surface area contributed by atoms with Crippen molar-refractivity contribution in [1.29, 1.82) is 0 Å². The topological polar surface area (TPSA) is 38.7 Å². The first-order valence-electron chi connectivity index (χ1n) is 15.6. The van der Waals surface area contributed by atoms with Crippen molar-refractivity contribution in [2.24, 2.45) is 0 Å². The van der Waals surface area contributed by atoms with E-state index in [4.69, 9.17) is 15.0 Å². The molecule has 8 aromatic rings. The Balaban J connectivity index is 1.35. The summed E-state index contributed by atoms with van der Waals surface area (Å²) >= 11 is 2.77. The van der Waals surface area contributed by atoms with Crippen LogP contribution in [0.25, 0.3) is 78.3 Å². The van der Waals surface area contributed by atoms with Crippen molar-refractivity contribution in [1.82, 2.24) is 15.0 Å². The van der Waals surface area contributed by atoms with E-state index in [0.717, 1.165) is 43.1 Å². The van der Waals surface area contributed by atoms with Gasteiger partial charge in [-0.05, 0) is 0 Å². The van der Waals surface area contributed by atoms with E-state index in [1.165, 1.54) is 22.3 Å². The minimum atomic E-state index is 0.645. The molecule has 7 aromatic carbocycles. The second kappa shape index (κ2) is 12.6. The SMILES string of the molecule is [SeH]c1cccc(-c2cc(-c3nc(-c4ccccc4)nc(-c4ccccc4)n3)c3ccccc3c2)c1-c1cccc(-c2ccccc2)c1. The van der Waals surface area contributed by atoms with Gasteiger partial charge in [0.15, 0.2) is 0 Å². The molecule has 0 fully saturated rings. The molecule has 0 aliphatic heterocycles. The van der Waals surface area contributed by atoms with Crippen LogP contribution in [0.5, 0.6) is 0 Å². The monoisotopic (exact) mass is 667 g/mol. The van der Waals surface area contributed by atoms with Gasteiger partial charge in [0.05, 0.1) is 0 Å². The summed E-state index contributed by atoms with van der Waals surface area (Å²) in [5, 5.41) is 2.22. The fourth-order valence-electron chi connectivity index (χ4n) is 6.15. The van der Waals surface area contributed by atoms with Gasteiger partial charge < -0.3 is 0 Å². The Morgan fingerprint density at radius 3 is 1.55 bits per heavy atom. The van der Waals surface area contributed by atoms with E-state index in [0.29, 0.717) is 17.5 Å². The number of hydrogen-bond acceptors (Lipinski definition) is 3. The molecule has 4 heteroatoms. The second-order valence-electron chi connectivity index (χ2n) is 11.4. The van der Waals surface area contributed by atoms with Crippen LogP contribution < -0.4 is 4.46 Å². The van der Waals surface area contributed by atoms with E-state index >= 15 is 0 Å². The Hall–Kier alpha value is -5.67. The molecule has 8 rings (SSSR count). The first-order chi connectivity index (χ1) is 23.2. The number of benzene rings is 7. The molecule has 1 aromatic heterocycles. The van der Waals surface area contributed by atoms with Gasteiger partial charge in [-0.25, -0.2) is 0 Å². The Bertz CT molecular complexity index is 2300. The average Bonchev–Trinajstić information content (AvgIpc) is 3.15. The van der Waals surface area contributed by atoms with E-state index in [2.05, 4.69) is 125 Å². The molecule has 0 bridgehead atoms. The zero-order valence-corrected chi connectivity index (χ0v) is 27.3. The summed E-state index contributed by atoms with van der Waals surface area (Å²) in [6, 6.07) is 59.1. The van der Waals surface area contributed by atoms with Gasteiger partial charge >= 0.3 is 271 Å². The zero-order valence-electron chi connectivity index (χ0n) is 25.5. The van der Waals surface area contributed by atoms with Crippen molar-refractivity contribution < 1.29 is 0 Å². The molecule has 0 N–H and O–H groups in total. The first-order valence-corrected chi connectivity index (χ1v) is 16.5. The summed E-state index contributed by atoms with van der Waals surface area (Å²) in [7, 11) is 0. The number of rotatable bonds is 6. The minimum absolute atomic E-state index is 0.645. The molecule has 0 aliphatic rings. The summed E-state index contributed by atoms with van der Waals surface area (Å²) < 4.78 is 1.16. The summed E-state index contributed by atoms with van der Waals surface area (Å²) in [6.07, 6.45) is 0. The predicted octanol–water partition coefficient (Wildman–Crippen LogP) is 9.55. The Morgan fingerprint density at radius 1 is 0.340 bits per heavy atom. The number of nitrogens with zero attached hydrogens (tertiary/aromatic N) is 3. The third-order valence-electron chi connectivity index (χ3n) is 8.41. The maximum atomic E-state index is 5.10. The van der Waals surface area contributed by atoms with Crippen LogP contribution in [0.2, 0.25) is 0 Å². The van der Waals surface area contributed by atoms with E-state index in [1.54, 1.807) is 0 Å². The molecule has 0 amide bonds.